The van der Waals surface area contributed by atoms with Crippen LogP contribution in [0, 0.1) is 17.8 Å². The van der Waals surface area contributed by atoms with Crippen molar-refractivity contribution in [1.82, 2.24) is 26.1 Å². The molecule has 0 aliphatic carbocycles. The fraction of sp³-hybridized carbons (Fsp3) is 0.556. The number of amides is 4. The minimum Gasteiger partial charge on any atom is -0.456 e. The molecule has 0 radical (unpaired) electrons. The van der Waals surface area contributed by atoms with E-state index < -0.39 is 77.9 Å². The lowest BCUT2D eigenvalue weighted by molar-refractivity contribution is -0.191. The van der Waals surface area contributed by atoms with Crippen LogP contribution in [0.3, 0.4) is 0 Å². The first-order chi connectivity index (χ1) is 28.7. The van der Waals surface area contributed by atoms with E-state index in [2.05, 4.69) is 16.1 Å². The zero-order valence-electron chi connectivity index (χ0n) is 35.5. The Bertz CT molecular complexity index is 1750. The number of rotatable bonds is 9. The van der Waals surface area contributed by atoms with E-state index in [1.807, 2.05) is 30.3 Å². The van der Waals surface area contributed by atoms with Gasteiger partial charge >= 0.3 is 5.97 Å². The second-order valence-corrected chi connectivity index (χ2v) is 16.2. The molecular formula is C45H63N5O10. The molecule has 8 atom stereocenters. The molecule has 1 aromatic carbocycles. The van der Waals surface area contributed by atoms with Crippen LogP contribution in [0.1, 0.15) is 85.1 Å². The van der Waals surface area contributed by atoms with E-state index in [0.29, 0.717) is 31.6 Å². The highest BCUT2D eigenvalue weighted by atomic mass is 16.7. The average molecular weight is 834 g/mol. The van der Waals surface area contributed by atoms with Crippen molar-refractivity contribution in [3.05, 3.63) is 84.0 Å². The van der Waals surface area contributed by atoms with Gasteiger partial charge in [0.1, 0.15) is 30.0 Å². The molecular weight excluding hydrogens is 771 g/mol. The molecule has 3 aliphatic heterocycles. The van der Waals surface area contributed by atoms with Crippen molar-refractivity contribution in [1.29, 1.82) is 0 Å². The number of cyclic esters (lactones) is 1. The van der Waals surface area contributed by atoms with Gasteiger partial charge in [0.05, 0.1) is 24.7 Å². The quantitative estimate of drug-likeness (QED) is 0.139. The Hall–Kier alpha value is -4.96. The maximum atomic E-state index is 14.3. The Labute approximate surface area is 353 Å². The number of allylic oxidation sites excluding steroid dienone is 4. The molecule has 3 aliphatic rings. The van der Waals surface area contributed by atoms with Gasteiger partial charge in [0, 0.05) is 44.3 Å². The Morgan fingerprint density at radius 3 is 2.40 bits per heavy atom. The lowest BCUT2D eigenvalue weighted by Crippen LogP contribution is -2.62. The fourth-order valence-electron chi connectivity index (χ4n) is 7.22. The van der Waals surface area contributed by atoms with Gasteiger partial charge < -0.3 is 30.4 Å². The fourth-order valence-corrected chi connectivity index (χ4v) is 7.22. The summed E-state index contributed by atoms with van der Waals surface area (Å²) in [6.45, 7) is 9.44. The Kier molecular flexibility index (Phi) is 18.9. The normalized spacial score (nSPS) is 29.5. The number of aliphatic hydroxyl groups excluding tert-OH is 2. The van der Waals surface area contributed by atoms with E-state index in [4.69, 9.17) is 9.57 Å². The van der Waals surface area contributed by atoms with Crippen LogP contribution in [0.15, 0.2) is 78.4 Å². The van der Waals surface area contributed by atoms with Gasteiger partial charge in [0.15, 0.2) is 0 Å². The molecule has 2 fully saturated rings. The molecule has 6 unspecified atom stereocenters. The third-order valence-corrected chi connectivity index (χ3v) is 11.0. The Morgan fingerprint density at radius 1 is 0.967 bits per heavy atom. The number of ether oxygens (including phenoxy) is 1. The predicted molar refractivity (Wildman–Crippen MR) is 224 cm³/mol. The SMILES string of the molecule is CC(=O)CCC1C(=O)NC(C(C)C)C(=O)NC(Cc2ccccc2)C(=O)N2CCCC(N2)C(=O)O[C@H](/C(C)=C/C=C/C(=O)N2CCCCO2)C/C=C/C=C/[C@H](O)C(C)C1O. The van der Waals surface area contributed by atoms with Gasteiger partial charge in [0.25, 0.3) is 11.8 Å². The number of esters is 1. The lowest BCUT2D eigenvalue weighted by Gasteiger charge is -2.36. The number of carbonyl (C=O) groups excluding carboxylic acids is 6. The van der Waals surface area contributed by atoms with E-state index in [-0.39, 0.29) is 43.9 Å². The Morgan fingerprint density at radius 2 is 1.72 bits per heavy atom. The van der Waals surface area contributed by atoms with Gasteiger partial charge in [-0.2, -0.15) is 0 Å². The van der Waals surface area contributed by atoms with Gasteiger partial charge in [-0.05, 0) is 63.0 Å². The standard InChI is InChI=1S/C45H63N5O10/c1-29(2)40-43(56)46-36(28-33-17-8-6-9-18-33)44(57)49-25-15-19-35(48-49)45(58)60-38(30(3)16-14-22-39(53)50-26-12-13-27-59-50)21-11-7-10-20-37(52)32(5)41(54)34(42(55)47-40)24-23-31(4)51/h6-11,14,16-18,20,22,29,32,34-38,40-41,48,52,54H,12-13,15,19,21,23-28H2,1-5H3,(H,46,56)(H,47,55)/b11-7+,20-10+,22-14+,30-16+/t32?,34?,35?,36?,37-,38-,40?,41?/m0/s1. The van der Waals surface area contributed by atoms with E-state index in [0.717, 1.165) is 18.4 Å². The monoisotopic (exact) mass is 833 g/mol. The lowest BCUT2D eigenvalue weighted by atomic mass is 9.84. The number of hydrazine groups is 1. The third-order valence-electron chi connectivity index (χ3n) is 11.0. The number of Topliss-reactive ketones (excluding diaryl/α,β-unsaturated/α-hetero) is 1. The number of aliphatic hydroxyl groups is 2. The Balaban J connectivity index is 1.69. The second kappa shape index (κ2) is 23.7. The molecule has 5 N–H and O–H groups in total. The number of fused-ring (bicyclic) bond motifs is 2. The summed E-state index contributed by atoms with van der Waals surface area (Å²) in [4.78, 5) is 86.3. The molecule has 15 heteroatoms. The molecule has 60 heavy (non-hydrogen) atoms. The number of ketones is 1. The molecule has 328 valence electrons. The van der Waals surface area contributed by atoms with Crippen LogP contribution in [-0.4, -0.2) is 112 Å². The highest BCUT2D eigenvalue weighted by Crippen LogP contribution is 2.24. The zero-order valence-corrected chi connectivity index (χ0v) is 35.5. The number of hydrogen-bond acceptors (Lipinski definition) is 11. The largest absolute Gasteiger partial charge is 0.456 e. The smallest absolute Gasteiger partial charge is 0.325 e. The summed E-state index contributed by atoms with van der Waals surface area (Å²) in [6.07, 6.45) is 10.6. The molecule has 3 heterocycles. The maximum absolute atomic E-state index is 14.3. The van der Waals surface area contributed by atoms with Gasteiger partial charge in [-0.25, -0.2) is 10.5 Å². The summed E-state index contributed by atoms with van der Waals surface area (Å²) in [5.41, 5.74) is 4.44. The summed E-state index contributed by atoms with van der Waals surface area (Å²) >= 11 is 0. The van der Waals surface area contributed by atoms with Gasteiger partial charge in [0.2, 0.25) is 11.8 Å². The molecule has 4 rings (SSSR count). The average Bonchev–Trinajstić information content (AvgIpc) is 3.24. The number of benzene rings is 1. The number of hydrogen-bond donors (Lipinski definition) is 5. The number of hydroxylamine groups is 2. The molecule has 0 spiro atoms. The molecule has 2 bridgehead atoms. The zero-order chi connectivity index (χ0) is 43.8. The number of carbonyl (C=O) groups is 6. The second-order valence-electron chi connectivity index (χ2n) is 16.2. The van der Waals surface area contributed by atoms with Crippen LogP contribution in [-0.2, 0) is 44.8 Å². The highest BCUT2D eigenvalue weighted by Gasteiger charge is 2.38. The van der Waals surface area contributed by atoms with Crippen molar-refractivity contribution in [2.45, 2.75) is 122 Å². The summed E-state index contributed by atoms with van der Waals surface area (Å²) in [5.74, 6) is -5.33. The number of nitrogens with zero attached hydrogens (tertiary/aromatic N) is 2. The molecule has 0 saturated carbocycles. The van der Waals surface area contributed by atoms with Crippen molar-refractivity contribution in [2.75, 3.05) is 19.7 Å². The van der Waals surface area contributed by atoms with Gasteiger partial charge in [-0.3, -0.25) is 33.8 Å². The first-order valence-corrected chi connectivity index (χ1v) is 21.1. The van der Waals surface area contributed by atoms with Crippen LogP contribution in [0.25, 0.3) is 0 Å². The van der Waals surface area contributed by atoms with Gasteiger partial charge in [-0.15, -0.1) is 0 Å². The summed E-state index contributed by atoms with van der Waals surface area (Å²) < 4.78 is 6.06. The van der Waals surface area contributed by atoms with Crippen LogP contribution in [0.5, 0.6) is 0 Å². The molecule has 4 amide bonds. The maximum Gasteiger partial charge on any atom is 0.325 e. The van der Waals surface area contributed by atoms with Crippen LogP contribution in [0.2, 0.25) is 0 Å². The van der Waals surface area contributed by atoms with Crippen molar-refractivity contribution in [2.24, 2.45) is 17.8 Å². The third kappa shape index (κ3) is 14.4. The molecule has 0 aromatic heterocycles. The van der Waals surface area contributed by atoms with E-state index >= 15 is 0 Å². The summed E-state index contributed by atoms with van der Waals surface area (Å²) in [6, 6.07) is 6.01. The van der Waals surface area contributed by atoms with Crippen LogP contribution >= 0.6 is 0 Å². The first-order valence-electron chi connectivity index (χ1n) is 21.1. The number of nitrogens with one attached hydrogen (secondary N) is 3. The first kappa shape index (κ1) is 47.7. The summed E-state index contributed by atoms with van der Waals surface area (Å²) in [7, 11) is 0. The van der Waals surface area contributed by atoms with Crippen molar-refractivity contribution < 1.29 is 48.6 Å². The van der Waals surface area contributed by atoms with E-state index in [1.54, 1.807) is 58.1 Å². The summed E-state index contributed by atoms with van der Waals surface area (Å²) in [5, 5.41) is 30.9. The molecule has 15 nitrogen and oxygen atoms in total. The van der Waals surface area contributed by atoms with Crippen molar-refractivity contribution in [3.63, 3.8) is 0 Å². The predicted octanol–water partition coefficient (Wildman–Crippen LogP) is 3.18. The minimum atomic E-state index is -1.40. The minimum absolute atomic E-state index is 0.00881. The molecule has 2 saturated heterocycles. The van der Waals surface area contributed by atoms with E-state index in [1.165, 1.54) is 29.1 Å². The van der Waals surface area contributed by atoms with Crippen molar-refractivity contribution >= 4 is 35.4 Å². The topological polar surface area (TPSA) is 204 Å². The van der Waals surface area contributed by atoms with Crippen molar-refractivity contribution in [3.8, 4) is 0 Å². The van der Waals surface area contributed by atoms with E-state index in [9.17, 15) is 39.0 Å². The molecule has 1 aromatic rings. The van der Waals surface area contributed by atoms with Crippen LogP contribution < -0.4 is 16.1 Å². The van der Waals surface area contributed by atoms with Crippen LogP contribution in [0.4, 0.5) is 0 Å². The van der Waals surface area contributed by atoms with Gasteiger partial charge in [-0.1, -0.05) is 87.6 Å². The highest BCUT2D eigenvalue weighted by molar-refractivity contribution is 5.93.